The predicted molar refractivity (Wildman–Crippen MR) is 140 cm³/mol. The number of hydrogen-bond acceptors (Lipinski definition) is 0. The number of unbranched alkanes of at least 4 members (excludes halogenated alkanes) is 2. The third-order valence-corrected chi connectivity index (χ3v) is 7.66. The van der Waals surface area contributed by atoms with Gasteiger partial charge in [0.05, 0.1) is 0 Å². The first-order valence-electron chi connectivity index (χ1n) is 12.8. The number of hydrogen-bond donors (Lipinski definition) is 0. The van der Waals surface area contributed by atoms with Crippen LogP contribution in [0.15, 0.2) is 66.7 Å². The Labute approximate surface area is 204 Å². The minimum atomic E-state index is -0.0912. The van der Waals surface area contributed by atoms with Crippen LogP contribution < -0.4 is 0 Å². The zero-order chi connectivity index (χ0) is 23.0. The Morgan fingerprint density at radius 3 is 2.03 bits per heavy atom. The minimum absolute atomic E-state index is 0.0912. The van der Waals surface area contributed by atoms with Gasteiger partial charge in [-0.25, -0.2) is 4.39 Å². The smallest absolute Gasteiger partial charge is 0.131 e. The van der Waals surface area contributed by atoms with Crippen molar-refractivity contribution >= 4 is 11.6 Å². The largest absolute Gasteiger partial charge is 0.206 e. The molecule has 0 bridgehead atoms. The summed E-state index contributed by atoms with van der Waals surface area (Å²) in [5, 5.41) is 0.770. The highest BCUT2D eigenvalue weighted by Gasteiger charge is 2.23. The molecule has 3 aromatic carbocycles. The molecule has 0 unspecified atom stereocenters. The fourth-order valence-electron chi connectivity index (χ4n) is 5.28. The van der Waals surface area contributed by atoms with E-state index in [1.165, 1.54) is 68.1 Å². The Balaban J connectivity index is 1.33. The van der Waals surface area contributed by atoms with Crippen LogP contribution in [0.2, 0.25) is 5.02 Å². The lowest BCUT2D eigenvalue weighted by Crippen LogP contribution is -2.13. The zero-order valence-electron chi connectivity index (χ0n) is 19.8. The number of aryl methyl sites for hydroxylation is 2. The summed E-state index contributed by atoms with van der Waals surface area (Å²) in [4.78, 5) is 0. The average molecular weight is 463 g/mol. The van der Waals surface area contributed by atoms with Gasteiger partial charge in [-0.1, -0.05) is 92.7 Å². The molecule has 0 heterocycles. The molecule has 174 valence electrons. The Morgan fingerprint density at radius 2 is 1.42 bits per heavy atom. The molecule has 1 aliphatic carbocycles. The second-order valence-corrected chi connectivity index (χ2v) is 10.2. The van der Waals surface area contributed by atoms with Crippen molar-refractivity contribution in [2.24, 2.45) is 5.92 Å². The van der Waals surface area contributed by atoms with Crippen LogP contribution in [0, 0.1) is 11.7 Å². The van der Waals surface area contributed by atoms with Crippen LogP contribution in [0.1, 0.15) is 80.9 Å². The first kappa shape index (κ1) is 24.0. The fourth-order valence-corrected chi connectivity index (χ4v) is 5.40. The summed E-state index contributed by atoms with van der Waals surface area (Å²) in [5.74, 6) is 1.31. The van der Waals surface area contributed by atoms with Crippen molar-refractivity contribution in [2.75, 3.05) is 0 Å². The average Bonchev–Trinajstić information content (AvgIpc) is 2.85. The van der Waals surface area contributed by atoms with Gasteiger partial charge < -0.3 is 0 Å². The molecule has 0 amide bonds. The Hall–Kier alpha value is -2.12. The number of rotatable bonds is 9. The van der Waals surface area contributed by atoms with E-state index in [1.807, 2.05) is 18.2 Å². The highest BCUT2D eigenvalue weighted by Crippen LogP contribution is 2.39. The molecule has 2 heteroatoms. The summed E-state index contributed by atoms with van der Waals surface area (Å²) >= 11 is 5.97. The van der Waals surface area contributed by atoms with Crippen molar-refractivity contribution in [1.29, 1.82) is 0 Å². The van der Waals surface area contributed by atoms with Crippen LogP contribution in [0.5, 0.6) is 0 Å². The number of benzene rings is 3. The maximum absolute atomic E-state index is 15.1. The van der Waals surface area contributed by atoms with Crippen molar-refractivity contribution in [2.45, 2.75) is 77.0 Å². The Kier molecular flexibility index (Phi) is 8.62. The molecule has 1 fully saturated rings. The normalized spacial score (nSPS) is 18.4. The molecule has 0 atom stereocenters. The second-order valence-electron chi connectivity index (χ2n) is 9.78. The molecular formula is C31H36ClF. The van der Waals surface area contributed by atoms with Gasteiger partial charge in [-0.05, 0) is 90.8 Å². The highest BCUT2D eigenvalue weighted by atomic mass is 35.5. The minimum Gasteiger partial charge on any atom is -0.206 e. The maximum atomic E-state index is 15.1. The summed E-state index contributed by atoms with van der Waals surface area (Å²) in [7, 11) is 0. The van der Waals surface area contributed by atoms with Gasteiger partial charge in [-0.2, -0.15) is 0 Å². The van der Waals surface area contributed by atoms with E-state index in [2.05, 4.69) is 49.4 Å². The van der Waals surface area contributed by atoms with Gasteiger partial charge in [0.2, 0.25) is 0 Å². The summed E-state index contributed by atoms with van der Waals surface area (Å²) < 4.78 is 15.1. The molecule has 0 N–H and O–H groups in total. The summed E-state index contributed by atoms with van der Waals surface area (Å²) in [5.41, 5.74) is 5.38. The van der Waals surface area contributed by atoms with Crippen LogP contribution in [0.4, 0.5) is 4.39 Å². The standard InChI is InChI=1S/C31H36ClF/c1-2-3-4-5-23-8-14-26(15-9-23)28-18-21-30(31(33)22-28)27-16-10-24(11-17-27)6-7-25-12-19-29(32)20-13-25/h10-13,16-23,26H,2-9,14-15H2,1H3/t23-,26-. The number of halogens is 2. The van der Waals surface area contributed by atoms with Gasteiger partial charge in [0.25, 0.3) is 0 Å². The summed E-state index contributed by atoms with van der Waals surface area (Å²) in [6, 6.07) is 22.3. The van der Waals surface area contributed by atoms with E-state index in [1.54, 1.807) is 6.07 Å². The van der Waals surface area contributed by atoms with E-state index in [4.69, 9.17) is 11.6 Å². The third-order valence-electron chi connectivity index (χ3n) is 7.41. The molecule has 0 aromatic heterocycles. The molecular weight excluding hydrogens is 427 g/mol. The van der Waals surface area contributed by atoms with Crippen LogP contribution in [0.25, 0.3) is 11.1 Å². The lowest BCUT2D eigenvalue weighted by Gasteiger charge is -2.29. The molecule has 1 aliphatic rings. The van der Waals surface area contributed by atoms with Crippen molar-refractivity contribution in [3.8, 4) is 11.1 Å². The lowest BCUT2D eigenvalue weighted by molar-refractivity contribution is 0.302. The van der Waals surface area contributed by atoms with E-state index in [9.17, 15) is 0 Å². The monoisotopic (exact) mass is 462 g/mol. The van der Waals surface area contributed by atoms with Crippen LogP contribution in [0.3, 0.4) is 0 Å². The van der Waals surface area contributed by atoms with Gasteiger partial charge in [0, 0.05) is 10.6 Å². The quantitative estimate of drug-likeness (QED) is 0.277. The van der Waals surface area contributed by atoms with Gasteiger partial charge in [-0.3, -0.25) is 0 Å². The van der Waals surface area contributed by atoms with Gasteiger partial charge >= 0.3 is 0 Å². The van der Waals surface area contributed by atoms with E-state index < -0.39 is 0 Å². The van der Waals surface area contributed by atoms with Crippen molar-refractivity contribution in [3.05, 3.63) is 94.3 Å². The van der Waals surface area contributed by atoms with E-state index in [-0.39, 0.29) is 5.82 Å². The molecule has 0 spiro atoms. The summed E-state index contributed by atoms with van der Waals surface area (Å²) in [6.07, 6.45) is 12.4. The van der Waals surface area contributed by atoms with E-state index in [0.29, 0.717) is 11.5 Å². The molecule has 0 nitrogen and oxygen atoms in total. The van der Waals surface area contributed by atoms with Crippen molar-refractivity contribution in [1.82, 2.24) is 0 Å². The Bertz CT molecular complexity index is 998. The maximum Gasteiger partial charge on any atom is 0.131 e. The van der Waals surface area contributed by atoms with E-state index in [0.717, 1.165) is 29.3 Å². The van der Waals surface area contributed by atoms with Crippen LogP contribution in [-0.2, 0) is 12.8 Å². The van der Waals surface area contributed by atoms with Gasteiger partial charge in [0.15, 0.2) is 0 Å². The van der Waals surface area contributed by atoms with Crippen molar-refractivity contribution in [3.63, 3.8) is 0 Å². The van der Waals surface area contributed by atoms with Crippen molar-refractivity contribution < 1.29 is 4.39 Å². The first-order chi connectivity index (χ1) is 16.1. The molecule has 33 heavy (non-hydrogen) atoms. The molecule has 0 radical (unpaired) electrons. The van der Waals surface area contributed by atoms with Gasteiger partial charge in [-0.15, -0.1) is 0 Å². The van der Waals surface area contributed by atoms with Crippen LogP contribution in [-0.4, -0.2) is 0 Å². The topological polar surface area (TPSA) is 0 Å². The molecule has 0 saturated heterocycles. The molecule has 4 rings (SSSR count). The highest BCUT2D eigenvalue weighted by molar-refractivity contribution is 6.30. The third kappa shape index (κ3) is 6.70. The molecule has 3 aromatic rings. The lowest BCUT2D eigenvalue weighted by atomic mass is 9.77. The SMILES string of the molecule is CCCCC[C@H]1CC[C@H](c2ccc(-c3ccc(CCc4ccc(Cl)cc4)cc3)c(F)c2)CC1. The molecule has 0 aliphatic heterocycles. The van der Waals surface area contributed by atoms with Crippen LogP contribution >= 0.6 is 11.6 Å². The van der Waals surface area contributed by atoms with Gasteiger partial charge in [0.1, 0.15) is 5.82 Å². The Morgan fingerprint density at radius 1 is 0.788 bits per heavy atom. The fraction of sp³-hybridized carbons (Fsp3) is 0.419. The zero-order valence-corrected chi connectivity index (χ0v) is 20.6. The second kappa shape index (κ2) is 11.8. The summed E-state index contributed by atoms with van der Waals surface area (Å²) in [6.45, 7) is 2.27. The first-order valence-corrected chi connectivity index (χ1v) is 13.1. The predicted octanol–water partition coefficient (Wildman–Crippen LogP) is 9.79. The molecule has 1 saturated carbocycles. The van der Waals surface area contributed by atoms with E-state index >= 15 is 4.39 Å².